The molecular weight excluding hydrogens is 404 g/mol. The fraction of sp³-hybridized carbons (Fsp3) is 0.0952. The Labute approximate surface area is 177 Å². The third-order valence-corrected chi connectivity index (χ3v) is 4.48. The standard InChI is InChI=1S/C21H17ClN6O2/c22-6-3-9-30-27-21(29)17-10-19(16-5-2-8-24-12-16)26-20-18(17)13-25-28(20)14-15-4-1-7-23-11-15/h1-8,10-13H,9,14H2,(H,27,29)/b6-3+. The summed E-state index contributed by atoms with van der Waals surface area (Å²) in [5.41, 5.74) is 7.08. The fourth-order valence-corrected chi connectivity index (χ4v) is 3.00. The molecule has 4 rings (SSSR count). The third-order valence-electron chi connectivity index (χ3n) is 4.30. The van der Waals surface area contributed by atoms with Crippen molar-refractivity contribution in [2.75, 3.05) is 6.61 Å². The number of hydrogen-bond donors (Lipinski definition) is 1. The van der Waals surface area contributed by atoms with Crippen molar-refractivity contribution in [3.8, 4) is 11.3 Å². The van der Waals surface area contributed by atoms with Gasteiger partial charge in [0.2, 0.25) is 0 Å². The van der Waals surface area contributed by atoms with Crippen molar-refractivity contribution in [3.63, 3.8) is 0 Å². The lowest BCUT2D eigenvalue weighted by Gasteiger charge is -2.09. The first-order valence-corrected chi connectivity index (χ1v) is 9.53. The lowest BCUT2D eigenvalue weighted by Crippen LogP contribution is -2.24. The van der Waals surface area contributed by atoms with Gasteiger partial charge in [-0.25, -0.2) is 15.1 Å². The van der Waals surface area contributed by atoms with Crippen LogP contribution in [0.15, 0.2) is 72.9 Å². The summed E-state index contributed by atoms with van der Waals surface area (Å²) in [6.45, 7) is 0.623. The number of fused-ring (bicyclic) bond motifs is 1. The molecular formula is C21H17ClN6O2. The zero-order valence-electron chi connectivity index (χ0n) is 15.8. The molecule has 4 aromatic rings. The Morgan fingerprint density at radius 1 is 1.17 bits per heavy atom. The van der Waals surface area contributed by atoms with Gasteiger partial charge in [-0.05, 0) is 35.9 Å². The second-order valence-electron chi connectivity index (χ2n) is 6.30. The molecule has 0 unspecified atom stereocenters. The van der Waals surface area contributed by atoms with Gasteiger partial charge in [0.05, 0.1) is 36.0 Å². The molecule has 1 N–H and O–H groups in total. The first kappa shape index (κ1) is 19.7. The highest BCUT2D eigenvalue weighted by atomic mass is 35.5. The van der Waals surface area contributed by atoms with Crippen LogP contribution in [-0.4, -0.2) is 37.2 Å². The Bertz CT molecular complexity index is 1180. The van der Waals surface area contributed by atoms with Crippen LogP contribution in [0.1, 0.15) is 15.9 Å². The maximum atomic E-state index is 12.8. The molecule has 9 heteroatoms. The SMILES string of the molecule is O=C(NOC/C=C/Cl)c1cc(-c2cccnc2)nc2c1cnn2Cc1cccnc1. The lowest BCUT2D eigenvalue weighted by atomic mass is 10.1. The van der Waals surface area contributed by atoms with Crippen molar-refractivity contribution in [2.24, 2.45) is 0 Å². The summed E-state index contributed by atoms with van der Waals surface area (Å²) in [6, 6.07) is 9.21. The van der Waals surface area contributed by atoms with E-state index in [4.69, 9.17) is 21.4 Å². The minimum Gasteiger partial charge on any atom is -0.269 e. The Balaban J connectivity index is 1.76. The van der Waals surface area contributed by atoms with E-state index in [9.17, 15) is 4.79 Å². The van der Waals surface area contributed by atoms with Crippen LogP contribution in [0.3, 0.4) is 0 Å². The van der Waals surface area contributed by atoms with Crippen LogP contribution in [0.2, 0.25) is 0 Å². The van der Waals surface area contributed by atoms with Gasteiger partial charge in [-0.15, -0.1) is 0 Å². The zero-order chi connectivity index (χ0) is 20.8. The molecule has 0 atom stereocenters. The molecule has 0 saturated carbocycles. The number of nitrogens with one attached hydrogen (secondary N) is 1. The molecule has 8 nitrogen and oxygen atoms in total. The number of hydrogen-bond acceptors (Lipinski definition) is 6. The average Bonchev–Trinajstić information content (AvgIpc) is 3.20. The Morgan fingerprint density at radius 2 is 2.00 bits per heavy atom. The summed E-state index contributed by atoms with van der Waals surface area (Å²) in [5.74, 6) is -0.406. The molecule has 0 aliphatic carbocycles. The minimum absolute atomic E-state index is 0.152. The quantitative estimate of drug-likeness (QED) is 0.364. The Hall–Kier alpha value is -3.62. The Kier molecular flexibility index (Phi) is 6.07. The van der Waals surface area contributed by atoms with E-state index in [1.54, 1.807) is 47.8 Å². The number of carbonyl (C=O) groups is 1. The number of pyridine rings is 3. The fourth-order valence-electron chi connectivity index (χ4n) is 2.92. The summed E-state index contributed by atoms with van der Waals surface area (Å²) >= 11 is 5.47. The summed E-state index contributed by atoms with van der Waals surface area (Å²) < 4.78 is 1.74. The van der Waals surface area contributed by atoms with Crippen LogP contribution in [0.4, 0.5) is 0 Å². The normalized spacial score (nSPS) is 11.2. The van der Waals surface area contributed by atoms with E-state index in [2.05, 4.69) is 20.5 Å². The predicted octanol–water partition coefficient (Wildman–Crippen LogP) is 3.35. The van der Waals surface area contributed by atoms with E-state index in [1.807, 2.05) is 24.3 Å². The third kappa shape index (κ3) is 4.35. The molecule has 4 heterocycles. The molecule has 0 saturated heterocycles. The molecule has 0 radical (unpaired) electrons. The van der Waals surface area contributed by atoms with Crippen LogP contribution in [0, 0.1) is 0 Å². The van der Waals surface area contributed by atoms with Gasteiger partial charge in [0, 0.05) is 35.9 Å². The first-order valence-electron chi connectivity index (χ1n) is 9.09. The van der Waals surface area contributed by atoms with Crippen LogP contribution < -0.4 is 5.48 Å². The number of hydroxylamine groups is 1. The minimum atomic E-state index is -0.406. The van der Waals surface area contributed by atoms with E-state index >= 15 is 0 Å². The lowest BCUT2D eigenvalue weighted by molar-refractivity contribution is 0.0423. The number of carbonyl (C=O) groups excluding carboxylic acids is 1. The van der Waals surface area contributed by atoms with Crippen LogP contribution in [-0.2, 0) is 11.4 Å². The van der Waals surface area contributed by atoms with Gasteiger partial charge < -0.3 is 0 Å². The molecule has 0 bridgehead atoms. The van der Waals surface area contributed by atoms with Gasteiger partial charge >= 0.3 is 0 Å². The second-order valence-corrected chi connectivity index (χ2v) is 6.55. The van der Waals surface area contributed by atoms with E-state index < -0.39 is 5.91 Å². The summed E-state index contributed by atoms with van der Waals surface area (Å²) in [4.78, 5) is 31.0. The van der Waals surface area contributed by atoms with Gasteiger partial charge in [-0.1, -0.05) is 17.7 Å². The average molecular weight is 421 g/mol. The maximum absolute atomic E-state index is 12.8. The van der Waals surface area contributed by atoms with Crippen molar-refractivity contribution in [2.45, 2.75) is 6.54 Å². The number of nitrogens with zero attached hydrogens (tertiary/aromatic N) is 5. The smallest absolute Gasteiger partial charge is 0.269 e. The second kappa shape index (κ2) is 9.25. The maximum Gasteiger partial charge on any atom is 0.275 e. The number of aromatic nitrogens is 5. The molecule has 0 aromatic carbocycles. The van der Waals surface area contributed by atoms with E-state index in [1.165, 1.54) is 5.54 Å². The predicted molar refractivity (Wildman–Crippen MR) is 113 cm³/mol. The van der Waals surface area contributed by atoms with E-state index in [-0.39, 0.29) is 6.61 Å². The van der Waals surface area contributed by atoms with Gasteiger partial charge in [-0.2, -0.15) is 5.10 Å². The summed E-state index contributed by atoms with van der Waals surface area (Å²) in [5, 5.41) is 5.05. The molecule has 30 heavy (non-hydrogen) atoms. The zero-order valence-corrected chi connectivity index (χ0v) is 16.5. The van der Waals surface area contributed by atoms with Crippen molar-refractivity contribution in [1.82, 2.24) is 30.2 Å². The van der Waals surface area contributed by atoms with Crippen LogP contribution >= 0.6 is 11.6 Å². The summed E-state index contributed by atoms with van der Waals surface area (Å²) in [7, 11) is 0. The molecule has 0 fully saturated rings. The van der Waals surface area contributed by atoms with Gasteiger partial charge in [0.15, 0.2) is 5.65 Å². The Morgan fingerprint density at radius 3 is 2.73 bits per heavy atom. The number of halogens is 1. The van der Waals surface area contributed by atoms with Gasteiger partial charge in [0.25, 0.3) is 5.91 Å². The van der Waals surface area contributed by atoms with E-state index in [0.717, 1.165) is 11.1 Å². The molecule has 1 amide bonds. The van der Waals surface area contributed by atoms with Crippen molar-refractivity contribution in [1.29, 1.82) is 0 Å². The van der Waals surface area contributed by atoms with Crippen molar-refractivity contribution < 1.29 is 9.63 Å². The molecule has 150 valence electrons. The summed E-state index contributed by atoms with van der Waals surface area (Å²) in [6.07, 6.45) is 10.0. The van der Waals surface area contributed by atoms with Crippen LogP contribution in [0.25, 0.3) is 22.3 Å². The topological polar surface area (TPSA) is 94.8 Å². The monoisotopic (exact) mass is 420 g/mol. The van der Waals surface area contributed by atoms with Crippen molar-refractivity contribution in [3.05, 3.63) is 84.1 Å². The highest BCUT2D eigenvalue weighted by Gasteiger charge is 2.18. The molecule has 4 aromatic heterocycles. The van der Waals surface area contributed by atoms with Gasteiger partial charge in [0.1, 0.15) is 0 Å². The first-order chi connectivity index (χ1) is 14.8. The van der Waals surface area contributed by atoms with Crippen LogP contribution in [0.5, 0.6) is 0 Å². The largest absolute Gasteiger partial charge is 0.275 e. The highest BCUT2D eigenvalue weighted by molar-refractivity contribution is 6.25. The number of rotatable bonds is 7. The highest BCUT2D eigenvalue weighted by Crippen LogP contribution is 2.25. The molecule has 0 aliphatic heterocycles. The number of amides is 1. The van der Waals surface area contributed by atoms with Crippen molar-refractivity contribution >= 4 is 28.5 Å². The molecule has 0 aliphatic rings. The molecule has 0 spiro atoms. The van der Waals surface area contributed by atoms with E-state index in [0.29, 0.717) is 28.8 Å². The van der Waals surface area contributed by atoms with Gasteiger partial charge in [-0.3, -0.25) is 19.6 Å².